The lowest BCUT2D eigenvalue weighted by Gasteiger charge is -2.30. The third-order valence-corrected chi connectivity index (χ3v) is 11.7. The van der Waals surface area contributed by atoms with Crippen LogP contribution in [0.1, 0.15) is 27.9 Å². The molecule has 2 aliphatic carbocycles. The Balaban J connectivity index is 1.17. The molecule has 2 aromatic heterocycles. The van der Waals surface area contributed by atoms with Crippen molar-refractivity contribution >= 4 is 0 Å². The highest BCUT2D eigenvalue weighted by atomic mass is 14.9. The number of nitrogens with zero attached hydrogens (tertiary/aromatic N) is 3. The first-order valence-electron chi connectivity index (χ1n) is 19.2. The molecular weight excluding hydrogens is 679 g/mol. The number of fused-ring (bicyclic) bond motifs is 10. The summed E-state index contributed by atoms with van der Waals surface area (Å²) in [6.07, 6.45) is 1.86. The number of rotatable bonds is 5. The number of hydrogen-bond donors (Lipinski definition) is 0. The molecule has 0 aliphatic heterocycles. The van der Waals surface area contributed by atoms with E-state index in [4.69, 9.17) is 9.97 Å². The molecule has 2 aliphatic rings. The highest BCUT2D eigenvalue weighted by molar-refractivity contribution is 6.02. The Hall–Kier alpha value is -7.23. The minimum Gasteiger partial charge on any atom is -0.261 e. The van der Waals surface area contributed by atoms with Gasteiger partial charge in [0.1, 0.15) is 0 Å². The molecule has 9 aromatic rings. The first kappa shape index (κ1) is 32.2. The topological polar surface area (TPSA) is 38.7 Å². The minimum atomic E-state index is -0.527. The van der Waals surface area contributed by atoms with E-state index in [-0.39, 0.29) is 0 Å². The minimum absolute atomic E-state index is 0.527. The van der Waals surface area contributed by atoms with Gasteiger partial charge in [0.2, 0.25) is 0 Å². The van der Waals surface area contributed by atoms with Gasteiger partial charge < -0.3 is 0 Å². The Labute approximate surface area is 326 Å². The monoisotopic (exact) mass is 713 g/mol. The van der Waals surface area contributed by atoms with E-state index < -0.39 is 5.41 Å². The van der Waals surface area contributed by atoms with Crippen molar-refractivity contribution in [2.24, 2.45) is 0 Å². The number of pyridine rings is 1. The van der Waals surface area contributed by atoms with Gasteiger partial charge in [0.15, 0.2) is 5.82 Å². The molecule has 2 heterocycles. The molecule has 0 N–H and O–H groups in total. The fourth-order valence-corrected chi connectivity index (χ4v) is 9.39. The summed E-state index contributed by atoms with van der Waals surface area (Å²) in [5.41, 5.74) is 20.3. The van der Waals surface area contributed by atoms with Crippen LogP contribution in [0.5, 0.6) is 0 Å². The normalized spacial score (nSPS) is 14.6. The molecular formula is C53H35N3. The van der Waals surface area contributed by atoms with Crippen molar-refractivity contribution in [2.75, 3.05) is 0 Å². The molecule has 0 saturated carbocycles. The van der Waals surface area contributed by atoms with E-state index in [1.165, 1.54) is 61.2 Å². The lowest BCUT2D eigenvalue weighted by Crippen LogP contribution is -2.25. The van der Waals surface area contributed by atoms with Crippen molar-refractivity contribution in [3.63, 3.8) is 0 Å². The Bertz CT molecular complexity index is 2930. The Morgan fingerprint density at radius 2 is 0.804 bits per heavy atom. The lowest BCUT2D eigenvalue weighted by molar-refractivity contribution is 0.794. The molecule has 262 valence electrons. The summed E-state index contributed by atoms with van der Waals surface area (Å²) in [4.78, 5) is 15.3. The van der Waals surface area contributed by atoms with Gasteiger partial charge in [0.05, 0.1) is 16.8 Å². The Kier molecular flexibility index (Phi) is 7.30. The molecule has 1 spiro atoms. The number of aryl methyl sites for hydroxylation is 1. The van der Waals surface area contributed by atoms with Crippen molar-refractivity contribution < 1.29 is 0 Å². The van der Waals surface area contributed by atoms with E-state index in [0.717, 1.165) is 45.2 Å². The van der Waals surface area contributed by atoms with Gasteiger partial charge in [-0.1, -0.05) is 170 Å². The van der Waals surface area contributed by atoms with E-state index in [2.05, 4.69) is 182 Å². The van der Waals surface area contributed by atoms with Crippen molar-refractivity contribution in [2.45, 2.75) is 12.3 Å². The summed E-state index contributed by atoms with van der Waals surface area (Å²) in [6, 6.07) is 67.7. The zero-order valence-electron chi connectivity index (χ0n) is 30.8. The summed E-state index contributed by atoms with van der Waals surface area (Å²) in [6.45, 7) is 2.08. The van der Waals surface area contributed by atoms with Crippen LogP contribution in [0, 0.1) is 6.92 Å². The maximum atomic E-state index is 5.33. The van der Waals surface area contributed by atoms with Crippen molar-refractivity contribution in [1.29, 1.82) is 0 Å². The smallest absolute Gasteiger partial charge is 0.161 e. The van der Waals surface area contributed by atoms with Gasteiger partial charge >= 0.3 is 0 Å². The molecule has 7 aromatic carbocycles. The zero-order chi connectivity index (χ0) is 37.2. The molecule has 0 bridgehead atoms. The molecule has 0 saturated heterocycles. The molecule has 3 heteroatoms. The first-order valence-corrected chi connectivity index (χ1v) is 19.2. The maximum absolute atomic E-state index is 5.33. The largest absolute Gasteiger partial charge is 0.261 e. The summed E-state index contributed by atoms with van der Waals surface area (Å²) in [5, 5.41) is 0. The van der Waals surface area contributed by atoms with Gasteiger partial charge in [-0.3, -0.25) is 4.98 Å². The molecule has 0 amide bonds. The SMILES string of the molecule is Cc1ncccc1-c1cccc(-c2cccc3c2-c2ccccc2C32c3ccccc3-c3c(-c4nc(-c5ccccc5)cc(-c5ccccc5)n4)cccc32)c1. The number of aromatic nitrogens is 3. The van der Waals surface area contributed by atoms with E-state index in [1.54, 1.807) is 0 Å². The molecule has 11 rings (SSSR count). The number of hydrogen-bond acceptors (Lipinski definition) is 3. The zero-order valence-corrected chi connectivity index (χ0v) is 30.8. The first-order chi connectivity index (χ1) is 27.7. The highest BCUT2D eigenvalue weighted by Crippen LogP contribution is 2.65. The second-order valence-corrected chi connectivity index (χ2v) is 14.7. The van der Waals surface area contributed by atoms with Gasteiger partial charge in [0.25, 0.3) is 0 Å². The maximum Gasteiger partial charge on any atom is 0.161 e. The van der Waals surface area contributed by atoms with Crippen LogP contribution in [0.25, 0.3) is 78.4 Å². The van der Waals surface area contributed by atoms with Gasteiger partial charge in [-0.05, 0) is 86.3 Å². The fourth-order valence-electron chi connectivity index (χ4n) is 9.39. The molecule has 56 heavy (non-hydrogen) atoms. The van der Waals surface area contributed by atoms with Crippen LogP contribution in [0.4, 0.5) is 0 Å². The summed E-state index contributed by atoms with van der Waals surface area (Å²) >= 11 is 0. The molecule has 1 unspecified atom stereocenters. The van der Waals surface area contributed by atoms with E-state index in [0.29, 0.717) is 0 Å². The standard InChI is InChI=1S/C53H35N3/c1-34-39(26-15-31-54-34)37-20-12-21-38(32-37)40-24-13-29-46-50(40)41-22-8-10-27-44(41)53(46)45-28-11-9-23-42(45)51-43(25-14-30-47(51)53)52-55-48(35-16-4-2-5-17-35)33-49(56-52)36-18-6-3-7-19-36/h2-33H,1H3. The van der Waals surface area contributed by atoms with Crippen molar-refractivity contribution in [1.82, 2.24) is 15.0 Å². The van der Waals surface area contributed by atoms with E-state index >= 15 is 0 Å². The van der Waals surface area contributed by atoms with Crippen LogP contribution < -0.4 is 0 Å². The van der Waals surface area contributed by atoms with Crippen LogP contribution in [-0.2, 0) is 5.41 Å². The average molecular weight is 714 g/mol. The van der Waals surface area contributed by atoms with Gasteiger partial charge in [-0.2, -0.15) is 0 Å². The highest BCUT2D eigenvalue weighted by Gasteiger charge is 2.52. The third-order valence-electron chi connectivity index (χ3n) is 11.7. The van der Waals surface area contributed by atoms with Crippen LogP contribution in [-0.4, -0.2) is 15.0 Å². The second-order valence-electron chi connectivity index (χ2n) is 14.7. The predicted molar refractivity (Wildman–Crippen MR) is 228 cm³/mol. The molecule has 0 radical (unpaired) electrons. The Morgan fingerprint density at radius 1 is 0.357 bits per heavy atom. The van der Waals surface area contributed by atoms with Gasteiger partial charge in [-0.15, -0.1) is 0 Å². The summed E-state index contributed by atoms with van der Waals surface area (Å²) in [7, 11) is 0. The van der Waals surface area contributed by atoms with Gasteiger partial charge in [-0.25, -0.2) is 9.97 Å². The van der Waals surface area contributed by atoms with Crippen molar-refractivity contribution in [3.05, 3.63) is 222 Å². The quantitative estimate of drug-likeness (QED) is 0.178. The van der Waals surface area contributed by atoms with Crippen molar-refractivity contribution in [3.8, 4) is 78.4 Å². The third kappa shape index (κ3) is 4.74. The van der Waals surface area contributed by atoms with Crippen LogP contribution >= 0.6 is 0 Å². The Morgan fingerprint density at radius 3 is 1.41 bits per heavy atom. The summed E-state index contributed by atoms with van der Waals surface area (Å²) < 4.78 is 0. The predicted octanol–water partition coefficient (Wildman–Crippen LogP) is 12.9. The van der Waals surface area contributed by atoms with E-state index in [1.807, 2.05) is 24.4 Å². The van der Waals surface area contributed by atoms with Gasteiger partial charge in [0, 0.05) is 34.1 Å². The van der Waals surface area contributed by atoms with Crippen LogP contribution in [0.3, 0.4) is 0 Å². The summed E-state index contributed by atoms with van der Waals surface area (Å²) in [5.74, 6) is 0.719. The van der Waals surface area contributed by atoms with Crippen LogP contribution in [0.2, 0.25) is 0 Å². The molecule has 1 atom stereocenters. The molecule has 3 nitrogen and oxygen atoms in total. The average Bonchev–Trinajstić information content (AvgIpc) is 3.75. The second kappa shape index (κ2) is 12.7. The lowest BCUT2D eigenvalue weighted by atomic mass is 9.70. The van der Waals surface area contributed by atoms with E-state index in [9.17, 15) is 0 Å². The fraction of sp³-hybridized carbons (Fsp3) is 0.0377. The number of benzene rings is 7. The van der Waals surface area contributed by atoms with Crippen LogP contribution in [0.15, 0.2) is 194 Å². The molecule has 0 fully saturated rings.